The predicted octanol–water partition coefficient (Wildman–Crippen LogP) is 0.644. The molecule has 2 N–H and O–H groups in total. The van der Waals surface area contributed by atoms with Crippen LogP contribution in [0.4, 0.5) is 0 Å². The highest BCUT2D eigenvalue weighted by Crippen LogP contribution is 2.39. The van der Waals surface area contributed by atoms with Gasteiger partial charge in [-0.05, 0) is 44.9 Å². The maximum Gasteiger partial charge on any atom is 0.240 e. The molecule has 0 radical (unpaired) electrons. The number of aliphatic hydroxyl groups excluding tert-OH is 1. The number of hydrogen-bond donors (Lipinski definition) is 2. The van der Waals surface area contributed by atoms with Crippen molar-refractivity contribution in [3.05, 3.63) is 0 Å². The Hall–Kier alpha value is -0.610. The summed E-state index contributed by atoms with van der Waals surface area (Å²) < 4.78 is 0. The van der Waals surface area contributed by atoms with Gasteiger partial charge in [-0.1, -0.05) is 0 Å². The van der Waals surface area contributed by atoms with Crippen LogP contribution in [-0.4, -0.2) is 46.7 Å². The normalized spacial score (nSPS) is 32.4. The maximum absolute atomic E-state index is 12.4. The van der Waals surface area contributed by atoms with Gasteiger partial charge in [0.25, 0.3) is 0 Å². The van der Waals surface area contributed by atoms with Gasteiger partial charge in [0.1, 0.15) is 0 Å². The molecule has 4 nitrogen and oxygen atoms in total. The molecule has 3 aliphatic rings. The molecule has 1 unspecified atom stereocenters. The minimum Gasteiger partial charge on any atom is -0.394 e. The SMILES string of the molecule is O=C1C(NC2CC2)CCCN1C1(CO)CCC1. The van der Waals surface area contributed by atoms with E-state index < -0.39 is 0 Å². The maximum atomic E-state index is 12.4. The van der Waals surface area contributed by atoms with Gasteiger partial charge in [0.05, 0.1) is 18.2 Å². The van der Waals surface area contributed by atoms with Crippen molar-refractivity contribution in [1.82, 2.24) is 10.2 Å². The van der Waals surface area contributed by atoms with E-state index in [0.29, 0.717) is 6.04 Å². The van der Waals surface area contributed by atoms with Gasteiger partial charge in [-0.3, -0.25) is 4.79 Å². The second kappa shape index (κ2) is 4.25. The van der Waals surface area contributed by atoms with Crippen molar-refractivity contribution < 1.29 is 9.90 Å². The third kappa shape index (κ3) is 1.97. The number of nitrogens with one attached hydrogen (secondary N) is 1. The summed E-state index contributed by atoms with van der Waals surface area (Å²) in [6.07, 6.45) is 7.57. The summed E-state index contributed by atoms with van der Waals surface area (Å²) in [5.41, 5.74) is -0.207. The van der Waals surface area contributed by atoms with Gasteiger partial charge in [0.2, 0.25) is 5.91 Å². The molecule has 1 amide bonds. The molecular weight excluding hydrogens is 216 g/mol. The number of amides is 1. The van der Waals surface area contributed by atoms with Crippen molar-refractivity contribution in [2.24, 2.45) is 0 Å². The lowest BCUT2D eigenvalue weighted by molar-refractivity contribution is -0.150. The molecule has 0 aromatic heterocycles. The molecule has 1 atom stereocenters. The smallest absolute Gasteiger partial charge is 0.240 e. The summed E-state index contributed by atoms with van der Waals surface area (Å²) in [6, 6.07) is 0.593. The van der Waals surface area contributed by atoms with Crippen molar-refractivity contribution in [3.8, 4) is 0 Å². The highest BCUT2D eigenvalue weighted by molar-refractivity contribution is 5.83. The monoisotopic (exact) mass is 238 g/mol. The molecule has 3 rings (SSSR count). The predicted molar refractivity (Wildman–Crippen MR) is 64.6 cm³/mol. The summed E-state index contributed by atoms with van der Waals surface area (Å²) in [7, 11) is 0. The number of nitrogens with zero attached hydrogens (tertiary/aromatic N) is 1. The average molecular weight is 238 g/mol. The molecule has 0 aromatic rings. The average Bonchev–Trinajstić information content (AvgIpc) is 3.06. The second-order valence-corrected chi connectivity index (χ2v) is 5.86. The van der Waals surface area contributed by atoms with Gasteiger partial charge < -0.3 is 15.3 Å². The van der Waals surface area contributed by atoms with Gasteiger partial charge in [-0.15, -0.1) is 0 Å². The van der Waals surface area contributed by atoms with Crippen LogP contribution < -0.4 is 5.32 Å². The largest absolute Gasteiger partial charge is 0.394 e. The summed E-state index contributed by atoms with van der Waals surface area (Å²) >= 11 is 0. The standard InChI is InChI=1S/C13H22N2O2/c16-9-13(6-2-7-13)15-8-1-3-11(12(15)17)14-10-4-5-10/h10-11,14,16H,1-9H2. The van der Waals surface area contributed by atoms with Gasteiger partial charge in [0, 0.05) is 12.6 Å². The summed E-state index contributed by atoms with van der Waals surface area (Å²) in [6.45, 7) is 0.969. The molecule has 3 fully saturated rings. The number of aliphatic hydroxyl groups is 1. The molecule has 1 heterocycles. The summed E-state index contributed by atoms with van der Waals surface area (Å²) in [5.74, 6) is 0.233. The van der Waals surface area contributed by atoms with Crippen LogP contribution in [0, 0.1) is 0 Å². The van der Waals surface area contributed by atoms with Crippen LogP contribution in [0.5, 0.6) is 0 Å². The highest BCUT2D eigenvalue weighted by atomic mass is 16.3. The number of likely N-dealkylation sites (tertiary alicyclic amines) is 1. The van der Waals surface area contributed by atoms with Gasteiger partial charge in [-0.2, -0.15) is 0 Å². The molecule has 0 bridgehead atoms. The van der Waals surface area contributed by atoms with Crippen LogP contribution in [0.2, 0.25) is 0 Å². The van der Waals surface area contributed by atoms with E-state index in [1.807, 2.05) is 4.90 Å². The molecule has 17 heavy (non-hydrogen) atoms. The lowest BCUT2D eigenvalue weighted by atomic mass is 9.74. The lowest BCUT2D eigenvalue weighted by Gasteiger charge is -2.51. The van der Waals surface area contributed by atoms with Crippen LogP contribution in [0.1, 0.15) is 44.9 Å². The zero-order valence-corrected chi connectivity index (χ0v) is 10.3. The zero-order chi connectivity index (χ0) is 11.9. The van der Waals surface area contributed by atoms with Crippen molar-refractivity contribution >= 4 is 5.91 Å². The van der Waals surface area contributed by atoms with E-state index in [-0.39, 0.29) is 24.1 Å². The first-order valence-corrected chi connectivity index (χ1v) is 6.94. The Morgan fingerprint density at radius 2 is 2.06 bits per heavy atom. The zero-order valence-electron chi connectivity index (χ0n) is 10.3. The van der Waals surface area contributed by atoms with E-state index in [0.717, 1.165) is 38.6 Å². The number of rotatable bonds is 4. The minimum atomic E-state index is -0.207. The summed E-state index contributed by atoms with van der Waals surface area (Å²) in [5, 5.41) is 13.0. The fraction of sp³-hybridized carbons (Fsp3) is 0.923. The molecule has 1 aliphatic heterocycles. The van der Waals surface area contributed by atoms with E-state index in [2.05, 4.69) is 5.32 Å². The first kappa shape index (κ1) is 11.5. The van der Waals surface area contributed by atoms with Crippen LogP contribution in [0.3, 0.4) is 0 Å². The quantitative estimate of drug-likeness (QED) is 0.756. The molecular formula is C13H22N2O2. The Labute approximate surface area is 102 Å². The van der Waals surface area contributed by atoms with Crippen LogP contribution in [0.15, 0.2) is 0 Å². The van der Waals surface area contributed by atoms with Gasteiger partial charge >= 0.3 is 0 Å². The third-order valence-electron chi connectivity index (χ3n) is 4.60. The van der Waals surface area contributed by atoms with E-state index in [1.54, 1.807) is 0 Å². The Kier molecular flexibility index (Phi) is 2.87. The molecule has 96 valence electrons. The Morgan fingerprint density at radius 3 is 2.59 bits per heavy atom. The van der Waals surface area contributed by atoms with Crippen molar-refractivity contribution in [2.45, 2.75) is 62.6 Å². The number of carbonyl (C=O) groups excluding carboxylic acids is 1. The minimum absolute atomic E-state index is 0.0141. The van der Waals surface area contributed by atoms with E-state index >= 15 is 0 Å². The van der Waals surface area contributed by atoms with Crippen molar-refractivity contribution in [2.75, 3.05) is 13.2 Å². The summed E-state index contributed by atoms with van der Waals surface area (Å²) in [4.78, 5) is 14.4. The van der Waals surface area contributed by atoms with Crippen LogP contribution >= 0.6 is 0 Å². The van der Waals surface area contributed by atoms with Crippen molar-refractivity contribution in [3.63, 3.8) is 0 Å². The first-order valence-electron chi connectivity index (χ1n) is 6.94. The molecule has 2 aliphatic carbocycles. The highest BCUT2D eigenvalue weighted by Gasteiger charge is 2.47. The fourth-order valence-electron chi connectivity index (χ4n) is 3.13. The van der Waals surface area contributed by atoms with E-state index in [4.69, 9.17) is 0 Å². The van der Waals surface area contributed by atoms with Crippen LogP contribution in [-0.2, 0) is 4.79 Å². The molecule has 1 saturated heterocycles. The molecule has 2 saturated carbocycles. The van der Waals surface area contributed by atoms with E-state index in [9.17, 15) is 9.90 Å². The first-order chi connectivity index (χ1) is 8.25. The van der Waals surface area contributed by atoms with Crippen molar-refractivity contribution in [1.29, 1.82) is 0 Å². The topological polar surface area (TPSA) is 52.6 Å². The third-order valence-corrected chi connectivity index (χ3v) is 4.60. The molecule has 0 spiro atoms. The number of hydrogen-bond acceptors (Lipinski definition) is 3. The molecule has 4 heteroatoms. The lowest BCUT2D eigenvalue weighted by Crippen LogP contribution is -2.64. The number of carbonyl (C=O) groups is 1. The van der Waals surface area contributed by atoms with Crippen LogP contribution in [0.25, 0.3) is 0 Å². The second-order valence-electron chi connectivity index (χ2n) is 5.86. The van der Waals surface area contributed by atoms with Gasteiger partial charge in [0.15, 0.2) is 0 Å². The Bertz CT molecular complexity index is 305. The molecule has 0 aromatic carbocycles. The Morgan fingerprint density at radius 1 is 1.29 bits per heavy atom. The Balaban J connectivity index is 1.69. The number of piperidine rings is 1. The van der Waals surface area contributed by atoms with Gasteiger partial charge in [-0.25, -0.2) is 0 Å². The fourth-order valence-corrected chi connectivity index (χ4v) is 3.13. The van der Waals surface area contributed by atoms with E-state index in [1.165, 1.54) is 12.8 Å².